The molecule has 1 atom stereocenters. The number of aliphatic hydroxyl groups is 1. The fraction of sp³-hybridized carbons (Fsp3) is 0.133. The van der Waals surface area contributed by atoms with Crippen LogP contribution in [0.25, 0.3) is 11.1 Å². The number of aromatic nitrogens is 1. The summed E-state index contributed by atoms with van der Waals surface area (Å²) in [6.07, 6.45) is -0.239. The maximum Gasteiger partial charge on any atom is 0.198 e. The van der Waals surface area contributed by atoms with Crippen LogP contribution in [0, 0.1) is 0 Å². The number of halogens is 1. The van der Waals surface area contributed by atoms with E-state index in [1.165, 1.54) is 0 Å². The van der Waals surface area contributed by atoms with Crippen molar-refractivity contribution in [2.75, 3.05) is 0 Å². The molecule has 96 valence electrons. The molecule has 19 heavy (non-hydrogen) atoms. The lowest BCUT2D eigenvalue weighted by molar-refractivity contribution is 0.169. The van der Waals surface area contributed by atoms with Gasteiger partial charge in [-0.3, -0.25) is 0 Å². The third kappa shape index (κ3) is 2.69. The molecule has 1 aromatic heterocycles. The van der Waals surface area contributed by atoms with Crippen LogP contribution < -0.4 is 0 Å². The Morgan fingerprint density at radius 1 is 1.11 bits per heavy atom. The highest BCUT2D eigenvalue weighted by Crippen LogP contribution is 2.22. The van der Waals surface area contributed by atoms with Crippen LogP contribution in [0.5, 0.6) is 0 Å². The standard InChI is InChI=1S/C15H12BrNO2/c16-11-7-5-10(6-8-11)13(18)9-15-17-12-3-1-2-4-14(12)19-15/h1-8,13,18H,9H2. The molecular formula is C15H12BrNO2. The smallest absolute Gasteiger partial charge is 0.198 e. The molecule has 4 heteroatoms. The fourth-order valence-corrected chi connectivity index (χ4v) is 2.24. The van der Waals surface area contributed by atoms with Gasteiger partial charge in [0.1, 0.15) is 5.52 Å². The second-order valence-electron chi connectivity index (χ2n) is 4.35. The maximum absolute atomic E-state index is 10.2. The molecule has 0 saturated heterocycles. The van der Waals surface area contributed by atoms with Crippen LogP contribution in [0.3, 0.4) is 0 Å². The SMILES string of the molecule is OC(Cc1nc2ccccc2o1)c1ccc(Br)cc1. The fourth-order valence-electron chi connectivity index (χ4n) is 1.98. The lowest BCUT2D eigenvalue weighted by Crippen LogP contribution is -2.01. The third-order valence-electron chi connectivity index (χ3n) is 2.96. The molecule has 3 aromatic rings. The van der Waals surface area contributed by atoms with Crippen LogP contribution in [-0.2, 0) is 6.42 Å². The van der Waals surface area contributed by atoms with E-state index < -0.39 is 6.10 Å². The lowest BCUT2D eigenvalue weighted by Gasteiger charge is -2.08. The summed E-state index contributed by atoms with van der Waals surface area (Å²) >= 11 is 3.37. The highest BCUT2D eigenvalue weighted by atomic mass is 79.9. The molecule has 1 heterocycles. The average molecular weight is 318 g/mol. The van der Waals surface area contributed by atoms with Crippen molar-refractivity contribution in [1.29, 1.82) is 0 Å². The molecule has 3 rings (SSSR count). The molecule has 0 saturated carbocycles. The zero-order valence-corrected chi connectivity index (χ0v) is 11.7. The first-order valence-electron chi connectivity index (χ1n) is 6.00. The summed E-state index contributed by atoms with van der Waals surface area (Å²) in [4.78, 5) is 4.36. The van der Waals surface area contributed by atoms with Crippen molar-refractivity contribution in [2.45, 2.75) is 12.5 Å². The van der Waals surface area contributed by atoms with Crippen LogP contribution in [0.4, 0.5) is 0 Å². The topological polar surface area (TPSA) is 46.3 Å². The van der Waals surface area contributed by atoms with Gasteiger partial charge in [-0.2, -0.15) is 0 Å². The predicted molar refractivity (Wildman–Crippen MR) is 76.8 cm³/mol. The molecule has 0 aliphatic rings. The number of hydrogen-bond donors (Lipinski definition) is 1. The van der Waals surface area contributed by atoms with Crippen molar-refractivity contribution in [3.8, 4) is 0 Å². The number of hydrogen-bond acceptors (Lipinski definition) is 3. The monoisotopic (exact) mass is 317 g/mol. The molecular weight excluding hydrogens is 306 g/mol. The molecule has 0 spiro atoms. The van der Waals surface area contributed by atoms with Crippen molar-refractivity contribution in [3.05, 3.63) is 64.5 Å². The van der Waals surface area contributed by atoms with Gasteiger partial charge in [0.15, 0.2) is 11.5 Å². The zero-order chi connectivity index (χ0) is 13.2. The van der Waals surface area contributed by atoms with Crippen molar-refractivity contribution in [3.63, 3.8) is 0 Å². The van der Waals surface area contributed by atoms with E-state index in [4.69, 9.17) is 4.42 Å². The Balaban J connectivity index is 1.82. The van der Waals surface area contributed by atoms with E-state index in [1.807, 2.05) is 48.5 Å². The van der Waals surface area contributed by atoms with Gasteiger partial charge in [0.05, 0.1) is 12.5 Å². The number of nitrogens with zero attached hydrogens (tertiary/aromatic N) is 1. The second-order valence-corrected chi connectivity index (χ2v) is 5.26. The summed E-state index contributed by atoms with van der Waals surface area (Å²) in [7, 11) is 0. The molecule has 1 unspecified atom stereocenters. The van der Waals surface area contributed by atoms with Crippen molar-refractivity contribution < 1.29 is 9.52 Å². The summed E-state index contributed by atoms with van der Waals surface area (Å²) in [5.74, 6) is 0.552. The summed E-state index contributed by atoms with van der Waals surface area (Å²) in [5, 5.41) is 10.2. The van der Waals surface area contributed by atoms with Crippen LogP contribution in [0.15, 0.2) is 57.4 Å². The molecule has 1 N–H and O–H groups in total. The Kier molecular flexibility index (Phi) is 3.36. The van der Waals surface area contributed by atoms with E-state index in [2.05, 4.69) is 20.9 Å². The van der Waals surface area contributed by atoms with Gasteiger partial charge in [-0.15, -0.1) is 0 Å². The Hall–Kier alpha value is -1.65. The highest BCUT2D eigenvalue weighted by Gasteiger charge is 2.13. The average Bonchev–Trinajstić information content (AvgIpc) is 2.81. The normalized spacial score (nSPS) is 12.7. The van der Waals surface area contributed by atoms with E-state index in [9.17, 15) is 5.11 Å². The van der Waals surface area contributed by atoms with E-state index in [0.717, 1.165) is 21.1 Å². The summed E-state index contributed by atoms with van der Waals surface area (Å²) < 4.78 is 6.59. The highest BCUT2D eigenvalue weighted by molar-refractivity contribution is 9.10. The number of rotatable bonds is 3. The number of fused-ring (bicyclic) bond motifs is 1. The van der Waals surface area contributed by atoms with E-state index in [-0.39, 0.29) is 0 Å². The Bertz CT molecular complexity index is 658. The first kappa shape index (κ1) is 12.4. The van der Waals surface area contributed by atoms with Gasteiger partial charge >= 0.3 is 0 Å². The van der Waals surface area contributed by atoms with Gasteiger partial charge in [-0.1, -0.05) is 40.2 Å². The Labute approximate surface area is 119 Å². The van der Waals surface area contributed by atoms with Gasteiger partial charge in [0.25, 0.3) is 0 Å². The number of oxazole rings is 1. The van der Waals surface area contributed by atoms with Gasteiger partial charge in [-0.05, 0) is 29.8 Å². The van der Waals surface area contributed by atoms with Crippen LogP contribution in [0.2, 0.25) is 0 Å². The molecule has 0 aliphatic carbocycles. The number of para-hydroxylation sites is 2. The van der Waals surface area contributed by atoms with Crippen molar-refractivity contribution in [2.24, 2.45) is 0 Å². The first-order chi connectivity index (χ1) is 9.22. The van der Waals surface area contributed by atoms with Crippen LogP contribution in [-0.4, -0.2) is 10.1 Å². The Morgan fingerprint density at radius 2 is 1.84 bits per heavy atom. The minimum Gasteiger partial charge on any atom is -0.441 e. The van der Waals surface area contributed by atoms with Crippen molar-refractivity contribution >= 4 is 27.0 Å². The predicted octanol–water partition coefficient (Wildman–Crippen LogP) is 3.87. The summed E-state index contributed by atoms with van der Waals surface area (Å²) in [6, 6.07) is 15.2. The summed E-state index contributed by atoms with van der Waals surface area (Å²) in [5.41, 5.74) is 2.42. The van der Waals surface area contributed by atoms with E-state index in [0.29, 0.717) is 12.3 Å². The van der Waals surface area contributed by atoms with Crippen molar-refractivity contribution in [1.82, 2.24) is 4.98 Å². The molecule has 2 aromatic carbocycles. The third-order valence-corrected chi connectivity index (χ3v) is 3.49. The van der Waals surface area contributed by atoms with Crippen LogP contribution >= 0.6 is 15.9 Å². The van der Waals surface area contributed by atoms with Crippen LogP contribution in [0.1, 0.15) is 17.6 Å². The van der Waals surface area contributed by atoms with Gasteiger partial charge in [-0.25, -0.2) is 4.98 Å². The molecule has 0 radical (unpaired) electrons. The molecule has 0 fully saturated rings. The first-order valence-corrected chi connectivity index (χ1v) is 6.79. The van der Waals surface area contributed by atoms with Gasteiger partial charge < -0.3 is 9.52 Å². The zero-order valence-electron chi connectivity index (χ0n) is 10.1. The maximum atomic E-state index is 10.2. The lowest BCUT2D eigenvalue weighted by atomic mass is 10.1. The molecule has 0 aliphatic heterocycles. The van der Waals surface area contributed by atoms with Gasteiger partial charge in [0, 0.05) is 4.47 Å². The number of benzene rings is 2. The largest absolute Gasteiger partial charge is 0.441 e. The molecule has 3 nitrogen and oxygen atoms in total. The second kappa shape index (κ2) is 5.15. The minimum atomic E-state index is -0.610. The quantitative estimate of drug-likeness (QED) is 0.797. The van der Waals surface area contributed by atoms with Gasteiger partial charge in [0.2, 0.25) is 0 Å². The van der Waals surface area contributed by atoms with E-state index >= 15 is 0 Å². The minimum absolute atomic E-state index is 0.371. The molecule has 0 amide bonds. The van der Waals surface area contributed by atoms with E-state index in [1.54, 1.807) is 0 Å². The Morgan fingerprint density at radius 3 is 2.58 bits per heavy atom. The molecule has 0 bridgehead atoms. The number of aliphatic hydroxyl groups excluding tert-OH is 1. The summed E-state index contributed by atoms with van der Waals surface area (Å²) in [6.45, 7) is 0.